The van der Waals surface area contributed by atoms with E-state index in [1.807, 2.05) is 21.1 Å². The van der Waals surface area contributed by atoms with Crippen LogP contribution in [0.4, 0.5) is 0 Å². The zero-order valence-electron chi connectivity index (χ0n) is 28.2. The smallest absolute Gasteiger partial charge is 0.268 e. The Morgan fingerprint density at radius 3 is 1.62 bits per heavy atom. The van der Waals surface area contributed by atoms with Crippen molar-refractivity contribution in [3.8, 4) is 0 Å². The Balaban J connectivity index is 4.47. The third-order valence-electron chi connectivity index (χ3n) is 7.85. The summed E-state index contributed by atoms with van der Waals surface area (Å²) in [5.41, 5.74) is 0. The van der Waals surface area contributed by atoms with Crippen LogP contribution in [0.15, 0.2) is 0 Å². The van der Waals surface area contributed by atoms with E-state index in [9.17, 15) is 19.4 Å². The molecule has 1 unspecified atom stereocenters. The second kappa shape index (κ2) is 26.9. The molecule has 3 atom stereocenters. The summed E-state index contributed by atoms with van der Waals surface area (Å²) in [7, 11) is 1.31. The van der Waals surface area contributed by atoms with Gasteiger partial charge in [0.2, 0.25) is 5.91 Å². The van der Waals surface area contributed by atoms with E-state index >= 15 is 0 Å². The topological polar surface area (TPSA) is 108 Å². The molecule has 1 amide bonds. The Kier molecular flexibility index (Phi) is 26.5. The summed E-state index contributed by atoms with van der Waals surface area (Å²) in [4.78, 5) is 24.9. The second-order valence-corrected chi connectivity index (χ2v) is 14.6. The maximum atomic E-state index is 12.6. The van der Waals surface area contributed by atoms with Crippen LogP contribution in [-0.4, -0.2) is 68.5 Å². The fourth-order valence-electron chi connectivity index (χ4n) is 4.98. The van der Waals surface area contributed by atoms with Gasteiger partial charge in [-0.3, -0.25) is 9.36 Å². The zero-order valence-corrected chi connectivity index (χ0v) is 29.1. The second-order valence-electron chi connectivity index (χ2n) is 13.2. The molecule has 0 aliphatic carbocycles. The van der Waals surface area contributed by atoms with Crippen molar-refractivity contribution in [3.05, 3.63) is 0 Å². The van der Waals surface area contributed by atoms with Gasteiger partial charge in [0.25, 0.3) is 7.82 Å². The van der Waals surface area contributed by atoms with E-state index in [0.29, 0.717) is 23.9 Å². The largest absolute Gasteiger partial charge is 0.756 e. The highest BCUT2D eigenvalue weighted by molar-refractivity contribution is 7.45. The monoisotopic (exact) mass is 620 g/mol. The summed E-state index contributed by atoms with van der Waals surface area (Å²) in [5, 5.41) is 13.7. The number of hydrogen-bond donors (Lipinski definition) is 2. The van der Waals surface area contributed by atoms with Crippen molar-refractivity contribution < 1.29 is 32.9 Å². The van der Waals surface area contributed by atoms with Gasteiger partial charge in [0.05, 0.1) is 39.9 Å². The zero-order chi connectivity index (χ0) is 31.5. The molecule has 0 fully saturated rings. The quantitative estimate of drug-likeness (QED) is 0.0468. The van der Waals surface area contributed by atoms with Gasteiger partial charge < -0.3 is 28.8 Å². The highest BCUT2D eigenvalue weighted by Gasteiger charge is 2.24. The number of likely N-dealkylation sites (N-methyl/N-ethyl adjacent to an activating group) is 1. The first-order valence-corrected chi connectivity index (χ1v) is 18.8. The summed E-state index contributed by atoms with van der Waals surface area (Å²) in [6.45, 7) is 4.65. The molecule has 0 aliphatic heterocycles. The molecule has 252 valence electrons. The van der Waals surface area contributed by atoms with Gasteiger partial charge in [-0.15, -0.1) is 0 Å². The molecule has 0 radical (unpaired) electrons. The van der Waals surface area contributed by atoms with E-state index in [4.69, 9.17) is 9.05 Å². The molecule has 42 heavy (non-hydrogen) atoms. The molecule has 0 bridgehead atoms. The number of aliphatic hydroxyl groups excluding tert-OH is 1. The molecular weight excluding hydrogens is 551 g/mol. The molecule has 9 heteroatoms. The SMILES string of the molecule is CCCCCCCCCCCCCCC[C@@H](O)[C@H](COP(=O)([O-])OCC[N+](C)(C)C)NC(=O)CCCCCCCCC. The first kappa shape index (κ1) is 41.5. The summed E-state index contributed by atoms with van der Waals surface area (Å²) < 4.78 is 23.0. The lowest BCUT2D eigenvalue weighted by atomic mass is 10.0. The molecule has 0 rings (SSSR count). The van der Waals surface area contributed by atoms with E-state index < -0.39 is 20.0 Å². The van der Waals surface area contributed by atoms with Crippen molar-refractivity contribution in [3.63, 3.8) is 0 Å². The highest BCUT2D eigenvalue weighted by atomic mass is 31.2. The van der Waals surface area contributed by atoms with E-state index in [1.54, 1.807) is 0 Å². The number of nitrogens with one attached hydrogen (secondary N) is 1. The van der Waals surface area contributed by atoms with Crippen molar-refractivity contribution in [1.29, 1.82) is 0 Å². The third-order valence-corrected chi connectivity index (χ3v) is 8.81. The van der Waals surface area contributed by atoms with Crippen LogP contribution in [0, 0.1) is 0 Å². The summed E-state index contributed by atoms with van der Waals surface area (Å²) in [5.74, 6) is -0.173. The highest BCUT2D eigenvalue weighted by Crippen LogP contribution is 2.38. The van der Waals surface area contributed by atoms with Crippen LogP contribution in [0.2, 0.25) is 0 Å². The average molecular weight is 621 g/mol. The molecular formula is C33H69N2O6P. The van der Waals surface area contributed by atoms with Crippen LogP contribution in [0.1, 0.15) is 155 Å². The van der Waals surface area contributed by atoms with Crippen LogP contribution < -0.4 is 10.2 Å². The lowest BCUT2D eigenvalue weighted by molar-refractivity contribution is -0.870. The Hall–Kier alpha value is -0.500. The molecule has 0 aliphatic rings. The minimum absolute atomic E-state index is 0.0150. The summed E-state index contributed by atoms with van der Waals surface area (Å²) in [6, 6.07) is -0.788. The van der Waals surface area contributed by atoms with Gasteiger partial charge in [0.1, 0.15) is 13.2 Å². The van der Waals surface area contributed by atoms with Gasteiger partial charge in [0, 0.05) is 6.42 Å². The molecule has 0 aromatic heterocycles. The maximum absolute atomic E-state index is 12.6. The number of hydrogen-bond acceptors (Lipinski definition) is 6. The number of carbonyl (C=O) groups is 1. The molecule has 0 saturated heterocycles. The van der Waals surface area contributed by atoms with Gasteiger partial charge in [-0.2, -0.15) is 0 Å². The number of amides is 1. The fourth-order valence-corrected chi connectivity index (χ4v) is 5.70. The van der Waals surface area contributed by atoms with Crippen molar-refractivity contribution >= 4 is 13.7 Å². The Morgan fingerprint density at radius 2 is 1.17 bits per heavy atom. The van der Waals surface area contributed by atoms with Gasteiger partial charge in [-0.25, -0.2) is 0 Å². The Bertz CT molecular complexity index is 673. The first-order chi connectivity index (χ1) is 20.0. The molecule has 0 saturated carbocycles. The van der Waals surface area contributed by atoms with Crippen molar-refractivity contribution in [1.82, 2.24) is 5.32 Å². The lowest BCUT2D eigenvalue weighted by Crippen LogP contribution is -2.46. The van der Waals surface area contributed by atoms with Crippen molar-refractivity contribution in [2.24, 2.45) is 0 Å². The van der Waals surface area contributed by atoms with Crippen molar-refractivity contribution in [2.45, 2.75) is 167 Å². The van der Waals surface area contributed by atoms with Crippen LogP contribution in [0.5, 0.6) is 0 Å². The normalized spacial score (nSPS) is 14.9. The number of phosphoric ester groups is 1. The average Bonchev–Trinajstić information content (AvgIpc) is 2.92. The van der Waals surface area contributed by atoms with Crippen molar-refractivity contribution in [2.75, 3.05) is 40.9 Å². The predicted octanol–water partition coefficient (Wildman–Crippen LogP) is 7.66. The fraction of sp³-hybridized carbons (Fsp3) is 0.970. The summed E-state index contributed by atoms with van der Waals surface area (Å²) >= 11 is 0. The number of nitrogens with zero attached hydrogens (tertiary/aromatic N) is 1. The van der Waals surface area contributed by atoms with Gasteiger partial charge in [-0.1, -0.05) is 136 Å². The van der Waals surface area contributed by atoms with Crippen LogP contribution in [-0.2, 0) is 18.4 Å². The van der Waals surface area contributed by atoms with Crippen LogP contribution >= 0.6 is 7.82 Å². The number of unbranched alkanes of at least 4 members (excludes halogenated alkanes) is 18. The maximum Gasteiger partial charge on any atom is 0.268 e. The Morgan fingerprint density at radius 1 is 0.738 bits per heavy atom. The van der Waals surface area contributed by atoms with Gasteiger partial charge in [0.15, 0.2) is 0 Å². The molecule has 0 heterocycles. The number of aliphatic hydroxyl groups is 1. The number of rotatable bonds is 31. The molecule has 0 aromatic carbocycles. The van der Waals surface area contributed by atoms with Crippen LogP contribution in [0.25, 0.3) is 0 Å². The standard InChI is InChI=1S/C33H69N2O6P/c1-6-8-10-12-14-15-16-17-18-19-21-22-24-26-32(36)31(30-41-42(38,39)40-29-28-35(3,4)5)34-33(37)27-25-23-20-13-11-9-7-2/h31-32,36H,6-30H2,1-5H3,(H-,34,37,38,39)/t31-,32+/m0/s1. The predicted molar refractivity (Wildman–Crippen MR) is 173 cm³/mol. The van der Waals surface area contributed by atoms with E-state index in [0.717, 1.165) is 38.5 Å². The molecule has 0 spiro atoms. The molecule has 8 nitrogen and oxygen atoms in total. The number of quaternary nitrogens is 1. The number of phosphoric acid groups is 1. The minimum Gasteiger partial charge on any atom is -0.756 e. The minimum atomic E-state index is -4.54. The van der Waals surface area contributed by atoms with Gasteiger partial charge >= 0.3 is 0 Å². The molecule has 0 aromatic rings. The lowest BCUT2D eigenvalue weighted by Gasteiger charge is -2.30. The first-order valence-electron chi connectivity index (χ1n) is 17.4. The summed E-state index contributed by atoms with van der Waals surface area (Å²) in [6.07, 6.45) is 24.0. The molecule has 2 N–H and O–H groups in total. The Labute approximate surface area is 259 Å². The van der Waals surface area contributed by atoms with Crippen LogP contribution in [0.3, 0.4) is 0 Å². The van der Waals surface area contributed by atoms with E-state index in [1.165, 1.54) is 89.9 Å². The van der Waals surface area contributed by atoms with Gasteiger partial charge in [-0.05, 0) is 12.8 Å². The van der Waals surface area contributed by atoms with E-state index in [-0.39, 0.29) is 19.1 Å². The third kappa shape index (κ3) is 28.3. The van der Waals surface area contributed by atoms with E-state index in [2.05, 4.69) is 19.2 Å². The number of carbonyl (C=O) groups excluding carboxylic acids is 1.